The molecular formula is C83H138O17P2. The van der Waals surface area contributed by atoms with Gasteiger partial charge < -0.3 is 33.8 Å². The number of esters is 4. The second-order valence-electron chi connectivity index (χ2n) is 25.5. The smallest absolute Gasteiger partial charge is 0.462 e. The first-order valence-electron chi connectivity index (χ1n) is 39.1. The SMILES string of the molecule is CC/C=C\C/C=C\C/C=C\C/C=C\C/C=C\CCCC(=O)OCC(COP(=O)(O)OCC(O)COP(=O)(O)OCC(COC(=O)CCCCCCC/C=C\C/C=C\C/C=C\CC)OC(=O)CCCCCCC/C=C\C/C=C\C/C=C\CC)OC(=O)CCCCCCC/C=C\CCCCCCCC. The van der Waals surface area contributed by atoms with Crippen LogP contribution in [0.1, 0.15) is 297 Å². The summed E-state index contributed by atoms with van der Waals surface area (Å²) < 4.78 is 68.5. The van der Waals surface area contributed by atoms with E-state index in [1.165, 1.54) is 38.5 Å². The molecular weight excluding hydrogens is 1330 g/mol. The highest BCUT2D eigenvalue weighted by molar-refractivity contribution is 7.47. The Morgan fingerprint density at radius 2 is 0.520 bits per heavy atom. The molecule has 0 fully saturated rings. The molecule has 0 aliphatic rings. The van der Waals surface area contributed by atoms with Gasteiger partial charge in [-0.1, -0.05) is 263 Å². The van der Waals surface area contributed by atoms with E-state index in [4.69, 9.17) is 37.0 Å². The van der Waals surface area contributed by atoms with E-state index < -0.39 is 97.5 Å². The molecule has 0 aromatic heterocycles. The first-order chi connectivity index (χ1) is 49.7. The second kappa shape index (κ2) is 74.2. The van der Waals surface area contributed by atoms with E-state index >= 15 is 0 Å². The molecule has 5 unspecified atom stereocenters. The highest BCUT2D eigenvalue weighted by atomic mass is 31.2. The Morgan fingerprint density at radius 3 is 0.833 bits per heavy atom. The number of hydrogen-bond donors (Lipinski definition) is 3. The summed E-state index contributed by atoms with van der Waals surface area (Å²) in [4.78, 5) is 73.0. The van der Waals surface area contributed by atoms with E-state index in [0.29, 0.717) is 32.1 Å². The number of unbranched alkanes of at least 4 members (excludes halogenated alkanes) is 22. The van der Waals surface area contributed by atoms with Crippen LogP contribution in [0, 0.1) is 0 Å². The van der Waals surface area contributed by atoms with Crippen LogP contribution in [0.15, 0.2) is 146 Å². The van der Waals surface area contributed by atoms with Crippen molar-refractivity contribution < 1.29 is 80.2 Å². The van der Waals surface area contributed by atoms with E-state index in [9.17, 15) is 43.2 Å². The van der Waals surface area contributed by atoms with Gasteiger partial charge in [0.2, 0.25) is 0 Å². The Hall–Kier alpha value is -5.06. The number of ether oxygens (including phenoxy) is 4. The zero-order valence-corrected chi connectivity index (χ0v) is 65.3. The predicted octanol–water partition coefficient (Wildman–Crippen LogP) is 22.7. The lowest BCUT2D eigenvalue weighted by Crippen LogP contribution is -2.30. The van der Waals surface area contributed by atoms with Crippen molar-refractivity contribution in [2.24, 2.45) is 0 Å². The number of aliphatic hydroxyl groups is 1. The third kappa shape index (κ3) is 73.3. The first-order valence-corrected chi connectivity index (χ1v) is 42.1. The number of phosphoric ester groups is 2. The summed E-state index contributed by atoms with van der Waals surface area (Å²) in [7, 11) is -9.99. The quantitative estimate of drug-likeness (QED) is 0.0169. The summed E-state index contributed by atoms with van der Waals surface area (Å²) in [6.07, 6.45) is 84.1. The first kappa shape index (κ1) is 96.9. The molecule has 0 saturated heterocycles. The van der Waals surface area contributed by atoms with Crippen molar-refractivity contribution in [1.82, 2.24) is 0 Å². The Kier molecular flexibility index (Phi) is 70.5. The van der Waals surface area contributed by atoms with Crippen LogP contribution in [0.25, 0.3) is 0 Å². The lowest BCUT2D eigenvalue weighted by Gasteiger charge is -2.21. The van der Waals surface area contributed by atoms with Crippen LogP contribution in [0.3, 0.4) is 0 Å². The average Bonchev–Trinajstić information content (AvgIpc) is 0.923. The van der Waals surface area contributed by atoms with Gasteiger partial charge >= 0.3 is 39.5 Å². The molecule has 0 amide bonds. The van der Waals surface area contributed by atoms with Crippen molar-refractivity contribution in [1.29, 1.82) is 0 Å². The number of hydrogen-bond acceptors (Lipinski definition) is 15. The molecule has 0 spiro atoms. The van der Waals surface area contributed by atoms with Gasteiger partial charge in [-0.3, -0.25) is 37.3 Å². The number of phosphoric acid groups is 2. The molecule has 102 heavy (non-hydrogen) atoms. The maximum atomic E-state index is 13.1. The average molecular weight is 1470 g/mol. The molecule has 0 aromatic carbocycles. The van der Waals surface area contributed by atoms with Crippen molar-refractivity contribution in [3.63, 3.8) is 0 Å². The lowest BCUT2D eigenvalue weighted by atomic mass is 10.1. The minimum Gasteiger partial charge on any atom is -0.462 e. The Labute approximate surface area is 617 Å². The topological polar surface area (TPSA) is 237 Å². The zero-order chi connectivity index (χ0) is 74.6. The Bertz CT molecular complexity index is 2510. The summed E-state index contributed by atoms with van der Waals surface area (Å²) in [6, 6.07) is 0. The standard InChI is InChI=1S/C83H138O17P2/c1-5-9-13-17-21-25-29-33-37-38-42-44-48-52-56-60-64-68-81(86)94-74-79(100-83(88)70-66-62-58-54-50-46-41-36-32-28-24-20-16-12-8-4)76-98-102(91,92)96-72-77(84)71-95-101(89,90)97-75-78(99-82(87)69-65-61-57-53-49-45-40-35-31-27-23-19-15-11-7-3)73-93-80(85)67-63-59-55-51-47-43-39-34-30-26-22-18-14-10-6-2/h9-11,13-15,21-23,25-27,33-37,39-42,44,52,56,77-79,84H,5-8,12,16-20,24,28-32,38,43,45-51,53-55,57-76H2,1-4H3,(H,89,90)(H,91,92)/b13-9-,14-10-,15-11-,25-21-,26-22-,27-23-,37-33-,39-34-,40-35-,41-36-,44-42-,56-52-. The molecule has 19 heteroatoms. The third-order valence-corrected chi connectivity index (χ3v) is 17.7. The predicted molar refractivity (Wildman–Crippen MR) is 417 cm³/mol. The number of allylic oxidation sites excluding steroid dienone is 24. The van der Waals surface area contributed by atoms with E-state index in [2.05, 4.69) is 161 Å². The van der Waals surface area contributed by atoms with E-state index in [1.807, 2.05) is 12.2 Å². The monoisotopic (exact) mass is 1470 g/mol. The number of carbonyl (C=O) groups excluding carboxylic acids is 4. The van der Waals surface area contributed by atoms with Crippen molar-refractivity contribution >= 4 is 39.5 Å². The van der Waals surface area contributed by atoms with Crippen molar-refractivity contribution in [2.75, 3.05) is 39.6 Å². The van der Waals surface area contributed by atoms with Gasteiger partial charge in [-0.25, -0.2) is 9.13 Å². The summed E-state index contributed by atoms with van der Waals surface area (Å²) in [6.45, 7) is 4.42. The fourth-order valence-electron chi connectivity index (χ4n) is 9.93. The van der Waals surface area contributed by atoms with Crippen LogP contribution < -0.4 is 0 Å². The highest BCUT2D eigenvalue weighted by Gasteiger charge is 2.30. The van der Waals surface area contributed by atoms with Crippen molar-refractivity contribution in [2.45, 2.75) is 316 Å². The van der Waals surface area contributed by atoms with Gasteiger partial charge in [-0.15, -0.1) is 0 Å². The molecule has 582 valence electrons. The van der Waals surface area contributed by atoms with Crippen LogP contribution in [0.5, 0.6) is 0 Å². The molecule has 0 aliphatic carbocycles. The van der Waals surface area contributed by atoms with E-state index in [0.717, 1.165) is 173 Å². The number of carbonyl (C=O) groups is 4. The molecule has 3 N–H and O–H groups in total. The fraction of sp³-hybridized carbons (Fsp3) is 0.663. The molecule has 0 heterocycles. The second-order valence-corrected chi connectivity index (χ2v) is 28.4. The molecule has 0 aromatic rings. The fourth-order valence-corrected chi connectivity index (χ4v) is 11.5. The van der Waals surface area contributed by atoms with Crippen LogP contribution in [0.2, 0.25) is 0 Å². The van der Waals surface area contributed by atoms with Gasteiger partial charge in [0, 0.05) is 25.7 Å². The molecule has 0 radical (unpaired) electrons. The van der Waals surface area contributed by atoms with Gasteiger partial charge in [-0.2, -0.15) is 0 Å². The van der Waals surface area contributed by atoms with Crippen molar-refractivity contribution in [3.05, 3.63) is 146 Å². The number of rotatable bonds is 72. The zero-order valence-electron chi connectivity index (χ0n) is 63.5. The molecule has 17 nitrogen and oxygen atoms in total. The summed E-state index contributed by atoms with van der Waals surface area (Å²) in [5.74, 6) is -2.29. The maximum absolute atomic E-state index is 13.1. The van der Waals surface area contributed by atoms with Gasteiger partial charge in [0.05, 0.1) is 26.4 Å². The molecule has 0 aliphatic heterocycles. The van der Waals surface area contributed by atoms with Crippen LogP contribution in [0.4, 0.5) is 0 Å². The largest absolute Gasteiger partial charge is 0.472 e. The van der Waals surface area contributed by atoms with Crippen LogP contribution in [-0.4, -0.2) is 96.7 Å². The minimum atomic E-state index is -5.00. The Balaban J connectivity index is 5.45. The van der Waals surface area contributed by atoms with Gasteiger partial charge in [0.25, 0.3) is 0 Å². The van der Waals surface area contributed by atoms with Gasteiger partial charge in [-0.05, 0) is 154 Å². The molecule has 5 atom stereocenters. The Morgan fingerprint density at radius 1 is 0.284 bits per heavy atom. The summed E-state index contributed by atoms with van der Waals surface area (Å²) >= 11 is 0. The van der Waals surface area contributed by atoms with Gasteiger partial charge in [0.1, 0.15) is 19.3 Å². The van der Waals surface area contributed by atoms with E-state index in [1.54, 1.807) is 0 Å². The van der Waals surface area contributed by atoms with Crippen LogP contribution in [-0.2, 0) is 65.4 Å². The third-order valence-electron chi connectivity index (χ3n) is 15.8. The summed E-state index contributed by atoms with van der Waals surface area (Å²) in [5.41, 5.74) is 0. The minimum absolute atomic E-state index is 0.0662. The highest BCUT2D eigenvalue weighted by Crippen LogP contribution is 2.45. The van der Waals surface area contributed by atoms with E-state index in [-0.39, 0.29) is 25.7 Å². The van der Waals surface area contributed by atoms with Gasteiger partial charge in [0.15, 0.2) is 12.2 Å². The normalized spacial score (nSPS) is 14.7. The lowest BCUT2D eigenvalue weighted by molar-refractivity contribution is -0.161. The maximum Gasteiger partial charge on any atom is 0.472 e. The molecule has 0 rings (SSSR count). The van der Waals surface area contributed by atoms with Crippen molar-refractivity contribution in [3.8, 4) is 0 Å². The number of aliphatic hydroxyl groups excluding tert-OH is 1. The summed E-state index contributed by atoms with van der Waals surface area (Å²) in [5, 5.41) is 10.6. The molecule has 0 bridgehead atoms. The molecule has 0 saturated carbocycles. The van der Waals surface area contributed by atoms with Crippen LogP contribution >= 0.6 is 15.6 Å².